The summed E-state index contributed by atoms with van der Waals surface area (Å²) in [6.07, 6.45) is 0. The van der Waals surface area contributed by atoms with E-state index in [1.807, 2.05) is 13.0 Å². The molecule has 1 saturated heterocycles. The Morgan fingerprint density at radius 2 is 2.11 bits per heavy atom. The number of aromatic amines is 1. The summed E-state index contributed by atoms with van der Waals surface area (Å²) in [7, 11) is 0. The zero-order valence-corrected chi connectivity index (χ0v) is 15.4. The summed E-state index contributed by atoms with van der Waals surface area (Å²) in [5, 5.41) is 17.9. The molecule has 0 atom stereocenters. The number of aromatic nitrogens is 2. The molecule has 4 rings (SSSR count). The first-order valence-electron chi connectivity index (χ1n) is 9.23. The van der Waals surface area contributed by atoms with E-state index in [1.54, 1.807) is 6.07 Å². The largest absolute Gasteiger partial charge is 0.492 e. The predicted octanol–water partition coefficient (Wildman–Crippen LogP) is 3.33. The standard InChI is InChI=1S/C21H22N4O2/c1-2-27-20-12-18-19(11-17(20)13-22)23-24-21(18)16-5-3-4-15(10-16)14-25-6-8-26-9-7-25/h3-5,10-12H,2,6-9,14H2,1H3,(H,23,24). The fourth-order valence-corrected chi connectivity index (χ4v) is 3.46. The van der Waals surface area contributed by atoms with Gasteiger partial charge in [0.2, 0.25) is 0 Å². The fraction of sp³-hybridized carbons (Fsp3) is 0.333. The van der Waals surface area contributed by atoms with Crippen molar-refractivity contribution in [2.45, 2.75) is 13.5 Å². The Morgan fingerprint density at radius 1 is 1.26 bits per heavy atom. The smallest absolute Gasteiger partial charge is 0.137 e. The third-order valence-corrected chi connectivity index (χ3v) is 4.79. The highest BCUT2D eigenvalue weighted by Crippen LogP contribution is 2.32. The van der Waals surface area contributed by atoms with E-state index in [4.69, 9.17) is 9.47 Å². The van der Waals surface area contributed by atoms with Gasteiger partial charge in [-0.3, -0.25) is 10.00 Å². The van der Waals surface area contributed by atoms with Crippen LogP contribution in [0.3, 0.4) is 0 Å². The van der Waals surface area contributed by atoms with Gasteiger partial charge in [0.25, 0.3) is 0 Å². The average Bonchev–Trinajstić information content (AvgIpc) is 3.11. The number of hydrogen-bond acceptors (Lipinski definition) is 5. The number of nitrogens with one attached hydrogen (secondary N) is 1. The summed E-state index contributed by atoms with van der Waals surface area (Å²) in [6.45, 7) is 6.85. The van der Waals surface area contributed by atoms with Crippen molar-refractivity contribution < 1.29 is 9.47 Å². The van der Waals surface area contributed by atoms with Crippen LogP contribution in [0.5, 0.6) is 5.75 Å². The van der Waals surface area contributed by atoms with Gasteiger partial charge in [-0.05, 0) is 30.7 Å². The van der Waals surface area contributed by atoms with Gasteiger partial charge in [0.1, 0.15) is 17.5 Å². The molecule has 6 nitrogen and oxygen atoms in total. The number of morpholine rings is 1. The second-order valence-electron chi connectivity index (χ2n) is 6.60. The predicted molar refractivity (Wildman–Crippen MR) is 104 cm³/mol. The number of nitrogens with zero attached hydrogens (tertiary/aromatic N) is 3. The first-order valence-corrected chi connectivity index (χ1v) is 9.23. The van der Waals surface area contributed by atoms with E-state index in [0.717, 1.165) is 55.0 Å². The molecule has 1 N–H and O–H groups in total. The summed E-state index contributed by atoms with van der Waals surface area (Å²) in [5.41, 5.74) is 4.53. The van der Waals surface area contributed by atoms with Crippen LogP contribution in [0.25, 0.3) is 22.2 Å². The van der Waals surface area contributed by atoms with Crippen LogP contribution >= 0.6 is 0 Å². The highest BCUT2D eigenvalue weighted by molar-refractivity contribution is 5.94. The number of ether oxygens (including phenoxy) is 2. The normalized spacial score (nSPS) is 15.0. The van der Waals surface area contributed by atoms with E-state index >= 15 is 0 Å². The lowest BCUT2D eigenvalue weighted by atomic mass is 10.0. The van der Waals surface area contributed by atoms with Crippen molar-refractivity contribution in [3.8, 4) is 23.1 Å². The summed E-state index contributed by atoms with van der Waals surface area (Å²) < 4.78 is 11.1. The molecule has 0 saturated carbocycles. The zero-order valence-electron chi connectivity index (χ0n) is 15.4. The number of fused-ring (bicyclic) bond motifs is 1. The van der Waals surface area contributed by atoms with Crippen LogP contribution in [0.15, 0.2) is 36.4 Å². The van der Waals surface area contributed by atoms with E-state index in [2.05, 4.69) is 45.4 Å². The number of nitriles is 1. The Morgan fingerprint density at radius 3 is 2.89 bits per heavy atom. The number of rotatable bonds is 5. The van der Waals surface area contributed by atoms with E-state index in [1.165, 1.54) is 5.56 Å². The SMILES string of the molecule is CCOc1cc2c(-c3cccc(CN4CCOCC4)c3)n[nH]c2cc1C#N. The second kappa shape index (κ2) is 7.78. The van der Waals surface area contributed by atoms with Gasteiger partial charge in [-0.25, -0.2) is 0 Å². The number of benzene rings is 2. The lowest BCUT2D eigenvalue weighted by Gasteiger charge is -2.26. The Kier molecular flexibility index (Phi) is 5.05. The minimum absolute atomic E-state index is 0.514. The van der Waals surface area contributed by atoms with Crippen LogP contribution in [0.2, 0.25) is 0 Å². The summed E-state index contributed by atoms with van der Waals surface area (Å²) in [6, 6.07) is 14.4. The van der Waals surface area contributed by atoms with Gasteiger partial charge in [0.15, 0.2) is 0 Å². The van der Waals surface area contributed by atoms with Crippen LogP contribution in [0.4, 0.5) is 0 Å². The van der Waals surface area contributed by atoms with Crippen LogP contribution in [0, 0.1) is 11.3 Å². The van der Waals surface area contributed by atoms with Gasteiger partial charge in [-0.1, -0.05) is 18.2 Å². The molecule has 6 heteroatoms. The molecule has 0 unspecified atom stereocenters. The van der Waals surface area contributed by atoms with Gasteiger partial charge < -0.3 is 9.47 Å². The molecule has 1 fully saturated rings. The van der Waals surface area contributed by atoms with Gasteiger partial charge in [0, 0.05) is 30.6 Å². The van der Waals surface area contributed by atoms with Crippen LogP contribution in [-0.4, -0.2) is 48.0 Å². The number of hydrogen-bond donors (Lipinski definition) is 1. The minimum atomic E-state index is 0.514. The molecule has 27 heavy (non-hydrogen) atoms. The second-order valence-corrected chi connectivity index (χ2v) is 6.60. The maximum Gasteiger partial charge on any atom is 0.137 e. The molecule has 1 aliphatic heterocycles. The molecule has 1 aliphatic rings. The molecule has 0 spiro atoms. The lowest BCUT2D eigenvalue weighted by molar-refractivity contribution is 0.0342. The third kappa shape index (κ3) is 3.65. The van der Waals surface area contributed by atoms with Crippen molar-refractivity contribution in [2.75, 3.05) is 32.9 Å². The Balaban J connectivity index is 1.68. The Hall–Kier alpha value is -2.88. The lowest BCUT2D eigenvalue weighted by Crippen LogP contribution is -2.35. The summed E-state index contributed by atoms with van der Waals surface area (Å²) in [4.78, 5) is 2.40. The van der Waals surface area contributed by atoms with E-state index in [0.29, 0.717) is 17.9 Å². The van der Waals surface area contributed by atoms with Crippen molar-refractivity contribution >= 4 is 10.9 Å². The maximum absolute atomic E-state index is 9.34. The van der Waals surface area contributed by atoms with Crippen molar-refractivity contribution in [2.24, 2.45) is 0 Å². The highest BCUT2D eigenvalue weighted by Gasteiger charge is 2.15. The highest BCUT2D eigenvalue weighted by atomic mass is 16.5. The van der Waals surface area contributed by atoms with Crippen LogP contribution in [-0.2, 0) is 11.3 Å². The average molecular weight is 362 g/mol. The molecule has 0 aliphatic carbocycles. The van der Waals surface area contributed by atoms with Crippen molar-refractivity contribution in [3.63, 3.8) is 0 Å². The third-order valence-electron chi connectivity index (χ3n) is 4.79. The molecule has 0 radical (unpaired) electrons. The van der Waals surface area contributed by atoms with Gasteiger partial charge in [-0.2, -0.15) is 10.4 Å². The van der Waals surface area contributed by atoms with E-state index < -0.39 is 0 Å². The quantitative estimate of drug-likeness (QED) is 0.753. The first kappa shape index (κ1) is 17.5. The minimum Gasteiger partial charge on any atom is -0.492 e. The molecular formula is C21H22N4O2. The topological polar surface area (TPSA) is 74.2 Å². The summed E-state index contributed by atoms with van der Waals surface area (Å²) in [5.74, 6) is 0.597. The summed E-state index contributed by atoms with van der Waals surface area (Å²) >= 11 is 0. The maximum atomic E-state index is 9.34. The Bertz CT molecular complexity index is 984. The molecule has 2 heterocycles. The van der Waals surface area contributed by atoms with E-state index in [-0.39, 0.29) is 0 Å². The molecule has 0 amide bonds. The van der Waals surface area contributed by atoms with Gasteiger partial charge >= 0.3 is 0 Å². The first-order chi connectivity index (χ1) is 13.3. The number of H-pyrrole nitrogens is 1. The molecule has 138 valence electrons. The van der Waals surface area contributed by atoms with E-state index in [9.17, 15) is 5.26 Å². The Labute approximate surface area is 158 Å². The fourth-order valence-electron chi connectivity index (χ4n) is 3.46. The zero-order chi connectivity index (χ0) is 18.6. The molecule has 3 aromatic rings. The van der Waals surface area contributed by atoms with Crippen molar-refractivity contribution in [1.29, 1.82) is 5.26 Å². The van der Waals surface area contributed by atoms with Crippen LogP contribution in [0.1, 0.15) is 18.1 Å². The van der Waals surface area contributed by atoms with Gasteiger partial charge in [-0.15, -0.1) is 0 Å². The molecule has 0 bridgehead atoms. The van der Waals surface area contributed by atoms with Crippen molar-refractivity contribution in [1.82, 2.24) is 15.1 Å². The molecule has 2 aromatic carbocycles. The molecular weight excluding hydrogens is 340 g/mol. The monoisotopic (exact) mass is 362 g/mol. The van der Waals surface area contributed by atoms with Gasteiger partial charge in [0.05, 0.1) is 30.9 Å². The van der Waals surface area contributed by atoms with Crippen molar-refractivity contribution in [3.05, 3.63) is 47.5 Å². The molecule has 1 aromatic heterocycles. The van der Waals surface area contributed by atoms with Crippen LogP contribution < -0.4 is 4.74 Å².